The Kier molecular flexibility index (Phi) is 1.92. The third-order valence-corrected chi connectivity index (χ3v) is 1.76. The van der Waals surface area contributed by atoms with Crippen molar-refractivity contribution in [3.63, 3.8) is 0 Å². The molecule has 0 spiro atoms. The van der Waals surface area contributed by atoms with Crippen molar-refractivity contribution in [1.82, 2.24) is 9.97 Å². The first-order valence-corrected chi connectivity index (χ1v) is 3.98. The molecule has 2 heterocycles. The van der Waals surface area contributed by atoms with E-state index in [4.69, 9.17) is 5.73 Å². The number of aromatic nitrogens is 2. The van der Waals surface area contributed by atoms with Crippen LogP contribution in [0.3, 0.4) is 0 Å². The van der Waals surface area contributed by atoms with Crippen molar-refractivity contribution in [1.29, 1.82) is 0 Å². The van der Waals surface area contributed by atoms with Crippen LogP contribution in [0.4, 0.5) is 5.69 Å². The topological polar surface area (TPSA) is 51.8 Å². The summed E-state index contributed by atoms with van der Waals surface area (Å²) < 4.78 is 0. The molecule has 2 N–H and O–H groups in total. The summed E-state index contributed by atoms with van der Waals surface area (Å²) in [5.74, 6) is 0. The van der Waals surface area contributed by atoms with Gasteiger partial charge in [-0.3, -0.25) is 9.97 Å². The van der Waals surface area contributed by atoms with Gasteiger partial charge < -0.3 is 5.73 Å². The molecule has 0 radical (unpaired) electrons. The fourth-order valence-electron chi connectivity index (χ4n) is 1.13. The predicted molar refractivity (Wildman–Crippen MR) is 51.9 cm³/mol. The van der Waals surface area contributed by atoms with Crippen molar-refractivity contribution in [3.05, 3.63) is 42.9 Å². The summed E-state index contributed by atoms with van der Waals surface area (Å²) in [7, 11) is 0. The molecule has 0 saturated carbocycles. The smallest absolute Gasteiger partial charge is 0.0723 e. The van der Waals surface area contributed by atoms with Crippen LogP contribution in [-0.2, 0) is 0 Å². The minimum Gasteiger partial charge on any atom is -0.399 e. The van der Waals surface area contributed by atoms with Crippen LogP contribution in [-0.4, -0.2) is 9.97 Å². The number of hydrogen-bond donors (Lipinski definition) is 1. The average molecular weight is 171 g/mol. The van der Waals surface area contributed by atoms with Crippen molar-refractivity contribution < 1.29 is 0 Å². The minimum atomic E-state index is 0.724. The van der Waals surface area contributed by atoms with E-state index in [-0.39, 0.29) is 0 Å². The van der Waals surface area contributed by atoms with Crippen LogP contribution in [0.15, 0.2) is 42.9 Å². The molecule has 2 aromatic heterocycles. The molecule has 0 aliphatic heterocycles. The Balaban J connectivity index is 2.48. The van der Waals surface area contributed by atoms with Gasteiger partial charge in [-0.15, -0.1) is 0 Å². The van der Waals surface area contributed by atoms with E-state index in [0.29, 0.717) is 0 Å². The highest BCUT2D eigenvalue weighted by Gasteiger charge is 1.97. The Labute approximate surface area is 76.3 Å². The van der Waals surface area contributed by atoms with Gasteiger partial charge in [0.15, 0.2) is 0 Å². The zero-order chi connectivity index (χ0) is 9.10. The lowest BCUT2D eigenvalue weighted by atomic mass is 10.2. The zero-order valence-electron chi connectivity index (χ0n) is 7.01. The van der Waals surface area contributed by atoms with E-state index < -0.39 is 0 Å². The fourth-order valence-corrected chi connectivity index (χ4v) is 1.13. The van der Waals surface area contributed by atoms with Gasteiger partial charge in [-0.2, -0.15) is 0 Å². The van der Waals surface area contributed by atoms with Gasteiger partial charge in [0.05, 0.1) is 5.69 Å². The number of rotatable bonds is 1. The molecule has 0 bridgehead atoms. The second-order valence-electron chi connectivity index (χ2n) is 2.71. The highest BCUT2D eigenvalue weighted by molar-refractivity contribution is 5.62. The molecule has 0 atom stereocenters. The normalized spacial score (nSPS) is 9.85. The summed E-state index contributed by atoms with van der Waals surface area (Å²) in [4.78, 5) is 8.14. The molecule has 0 amide bonds. The standard InChI is InChI=1S/C10H9N3/c11-9-3-6-13-10(7-9)8-1-4-12-5-2-8/h1-7H,(H2,11,13). The quantitative estimate of drug-likeness (QED) is 0.710. The molecule has 3 nitrogen and oxygen atoms in total. The van der Waals surface area contributed by atoms with Crippen LogP contribution in [0, 0.1) is 0 Å². The zero-order valence-corrected chi connectivity index (χ0v) is 7.01. The largest absolute Gasteiger partial charge is 0.399 e. The van der Waals surface area contributed by atoms with E-state index in [1.807, 2.05) is 18.2 Å². The number of nitrogen functional groups attached to an aromatic ring is 1. The minimum absolute atomic E-state index is 0.724. The Morgan fingerprint density at radius 2 is 1.77 bits per heavy atom. The first-order valence-electron chi connectivity index (χ1n) is 3.98. The van der Waals surface area contributed by atoms with Crippen LogP contribution in [0.2, 0.25) is 0 Å². The van der Waals surface area contributed by atoms with Crippen molar-refractivity contribution in [2.24, 2.45) is 0 Å². The number of hydrogen-bond acceptors (Lipinski definition) is 3. The monoisotopic (exact) mass is 171 g/mol. The molecule has 2 aromatic rings. The highest BCUT2D eigenvalue weighted by Crippen LogP contribution is 2.16. The number of pyridine rings is 2. The summed E-state index contributed by atoms with van der Waals surface area (Å²) in [6.45, 7) is 0. The van der Waals surface area contributed by atoms with E-state index in [1.165, 1.54) is 0 Å². The molecule has 2 rings (SSSR count). The van der Waals surface area contributed by atoms with Crippen LogP contribution >= 0.6 is 0 Å². The van der Waals surface area contributed by atoms with Gasteiger partial charge in [0.1, 0.15) is 0 Å². The number of anilines is 1. The fraction of sp³-hybridized carbons (Fsp3) is 0. The van der Waals surface area contributed by atoms with Gasteiger partial charge in [0.25, 0.3) is 0 Å². The van der Waals surface area contributed by atoms with Crippen LogP contribution in [0.5, 0.6) is 0 Å². The van der Waals surface area contributed by atoms with Crippen molar-refractivity contribution >= 4 is 5.69 Å². The molecule has 13 heavy (non-hydrogen) atoms. The number of nitrogens with zero attached hydrogens (tertiary/aromatic N) is 2. The van der Waals surface area contributed by atoms with E-state index in [9.17, 15) is 0 Å². The van der Waals surface area contributed by atoms with Crippen molar-refractivity contribution in [3.8, 4) is 11.3 Å². The lowest BCUT2D eigenvalue weighted by Crippen LogP contribution is -1.88. The molecule has 0 unspecified atom stereocenters. The lowest BCUT2D eigenvalue weighted by Gasteiger charge is -1.99. The lowest BCUT2D eigenvalue weighted by molar-refractivity contribution is 1.29. The van der Waals surface area contributed by atoms with Gasteiger partial charge in [-0.05, 0) is 24.3 Å². The van der Waals surface area contributed by atoms with Gasteiger partial charge in [-0.25, -0.2) is 0 Å². The summed E-state index contributed by atoms with van der Waals surface area (Å²) in [5, 5.41) is 0. The Hall–Kier alpha value is -1.90. The molecule has 0 saturated heterocycles. The predicted octanol–water partition coefficient (Wildman–Crippen LogP) is 1.73. The van der Waals surface area contributed by atoms with E-state index in [1.54, 1.807) is 24.7 Å². The molecular formula is C10H9N3. The van der Waals surface area contributed by atoms with Gasteiger partial charge in [0.2, 0.25) is 0 Å². The summed E-state index contributed by atoms with van der Waals surface area (Å²) in [5.41, 5.74) is 8.27. The third kappa shape index (κ3) is 1.64. The second-order valence-corrected chi connectivity index (χ2v) is 2.71. The van der Waals surface area contributed by atoms with Gasteiger partial charge >= 0.3 is 0 Å². The first-order chi connectivity index (χ1) is 6.36. The van der Waals surface area contributed by atoms with E-state index in [2.05, 4.69) is 9.97 Å². The number of nitrogens with two attached hydrogens (primary N) is 1. The van der Waals surface area contributed by atoms with Gasteiger partial charge in [-0.1, -0.05) is 0 Å². The third-order valence-electron chi connectivity index (χ3n) is 1.76. The Morgan fingerprint density at radius 3 is 2.46 bits per heavy atom. The van der Waals surface area contributed by atoms with Crippen molar-refractivity contribution in [2.75, 3.05) is 5.73 Å². The van der Waals surface area contributed by atoms with Crippen LogP contribution in [0.25, 0.3) is 11.3 Å². The van der Waals surface area contributed by atoms with Crippen LogP contribution in [0.1, 0.15) is 0 Å². The Morgan fingerprint density at radius 1 is 1.00 bits per heavy atom. The highest BCUT2D eigenvalue weighted by atomic mass is 14.7. The SMILES string of the molecule is Nc1ccnc(-c2ccncc2)c1. The second kappa shape index (κ2) is 3.23. The van der Waals surface area contributed by atoms with Crippen molar-refractivity contribution in [2.45, 2.75) is 0 Å². The van der Waals surface area contributed by atoms with E-state index in [0.717, 1.165) is 16.9 Å². The summed E-state index contributed by atoms with van der Waals surface area (Å²) in [6, 6.07) is 7.42. The average Bonchev–Trinajstić information content (AvgIpc) is 2.19. The summed E-state index contributed by atoms with van der Waals surface area (Å²) >= 11 is 0. The molecule has 0 aromatic carbocycles. The molecule has 64 valence electrons. The molecular weight excluding hydrogens is 162 g/mol. The van der Waals surface area contributed by atoms with Gasteiger partial charge in [0, 0.05) is 29.8 Å². The molecule has 0 fully saturated rings. The maximum atomic E-state index is 5.64. The Bertz CT molecular complexity index is 398. The maximum Gasteiger partial charge on any atom is 0.0723 e. The van der Waals surface area contributed by atoms with E-state index >= 15 is 0 Å². The molecule has 0 aliphatic carbocycles. The first kappa shape index (κ1) is 7.73. The molecule has 0 aliphatic rings. The maximum absolute atomic E-state index is 5.64. The molecule has 3 heteroatoms. The summed E-state index contributed by atoms with van der Waals surface area (Å²) in [6.07, 6.45) is 5.17. The van der Waals surface area contributed by atoms with Crippen LogP contribution < -0.4 is 5.73 Å².